The second-order valence-electron chi connectivity index (χ2n) is 3.00. The van der Waals surface area contributed by atoms with E-state index in [1.807, 2.05) is 30.3 Å². The van der Waals surface area contributed by atoms with Crippen LogP contribution in [-0.4, -0.2) is 0 Å². The molecule has 2 aromatic carbocycles. The molecule has 2 aromatic rings. The second-order valence-corrected chi connectivity index (χ2v) is 4.38. The van der Waals surface area contributed by atoms with Crippen LogP contribution in [0.3, 0.4) is 0 Å². The quantitative estimate of drug-likeness (QED) is 0.645. The van der Waals surface area contributed by atoms with Gasteiger partial charge in [0.1, 0.15) is 0 Å². The lowest BCUT2D eigenvalue weighted by Gasteiger charge is -2.06. The van der Waals surface area contributed by atoms with E-state index in [1.54, 1.807) is 0 Å². The van der Waals surface area contributed by atoms with Gasteiger partial charge < -0.3 is 0 Å². The molecule has 0 heterocycles. The lowest BCUT2D eigenvalue weighted by Crippen LogP contribution is -1.83. The molecule has 0 aromatic heterocycles. The van der Waals surface area contributed by atoms with Crippen LogP contribution >= 0.6 is 39.1 Å². The number of hydrogen-bond donors (Lipinski definition) is 0. The SMILES string of the molecule is Clc1ccc(Cl)c2c(CBr)cccc12. The van der Waals surface area contributed by atoms with Crippen molar-refractivity contribution < 1.29 is 0 Å². The highest BCUT2D eigenvalue weighted by Gasteiger charge is 2.06. The number of rotatable bonds is 1. The minimum atomic E-state index is 0.743. The Kier molecular flexibility index (Phi) is 3.01. The zero-order valence-corrected chi connectivity index (χ0v) is 10.3. The van der Waals surface area contributed by atoms with Crippen LogP contribution in [0, 0.1) is 0 Å². The number of benzene rings is 2. The van der Waals surface area contributed by atoms with Gasteiger partial charge >= 0.3 is 0 Å². The summed E-state index contributed by atoms with van der Waals surface area (Å²) >= 11 is 15.7. The fourth-order valence-electron chi connectivity index (χ4n) is 1.51. The second kappa shape index (κ2) is 4.09. The van der Waals surface area contributed by atoms with Crippen molar-refractivity contribution in [3.63, 3.8) is 0 Å². The van der Waals surface area contributed by atoms with Crippen LogP contribution in [0.2, 0.25) is 10.0 Å². The van der Waals surface area contributed by atoms with Crippen molar-refractivity contribution in [3.05, 3.63) is 45.9 Å². The van der Waals surface area contributed by atoms with E-state index in [0.717, 1.165) is 31.7 Å². The van der Waals surface area contributed by atoms with E-state index in [9.17, 15) is 0 Å². The maximum absolute atomic E-state index is 6.13. The molecule has 0 amide bonds. The molecule has 0 aliphatic heterocycles. The molecule has 0 N–H and O–H groups in total. The molecule has 0 atom stereocenters. The zero-order valence-electron chi connectivity index (χ0n) is 7.23. The normalized spacial score (nSPS) is 10.8. The van der Waals surface area contributed by atoms with Crippen molar-refractivity contribution in [2.75, 3.05) is 0 Å². The Balaban J connectivity index is 2.92. The van der Waals surface area contributed by atoms with Crippen LogP contribution in [0.4, 0.5) is 0 Å². The first kappa shape index (κ1) is 10.3. The fourth-order valence-corrected chi connectivity index (χ4v) is 2.49. The lowest BCUT2D eigenvalue weighted by molar-refractivity contribution is 1.49. The lowest BCUT2D eigenvalue weighted by atomic mass is 10.1. The minimum Gasteiger partial charge on any atom is -0.0876 e. The van der Waals surface area contributed by atoms with E-state index < -0.39 is 0 Å². The summed E-state index contributed by atoms with van der Waals surface area (Å²) in [6, 6.07) is 9.67. The van der Waals surface area contributed by atoms with Crippen molar-refractivity contribution in [3.8, 4) is 0 Å². The molecule has 0 fully saturated rings. The molecule has 0 aliphatic carbocycles. The third-order valence-corrected chi connectivity index (χ3v) is 3.42. The predicted octanol–water partition coefficient (Wildman–Crippen LogP) is 5.04. The summed E-state index contributed by atoms with van der Waals surface area (Å²) in [7, 11) is 0. The van der Waals surface area contributed by atoms with Crippen LogP contribution < -0.4 is 0 Å². The van der Waals surface area contributed by atoms with Crippen molar-refractivity contribution in [1.29, 1.82) is 0 Å². The van der Waals surface area contributed by atoms with Gasteiger partial charge in [0.25, 0.3) is 0 Å². The van der Waals surface area contributed by atoms with Gasteiger partial charge in [-0.1, -0.05) is 57.3 Å². The molecule has 0 nitrogen and oxygen atoms in total. The molecular formula is C11H7BrCl2. The summed E-state index contributed by atoms with van der Waals surface area (Å²) in [5.74, 6) is 0. The Morgan fingerprint density at radius 3 is 2.43 bits per heavy atom. The molecular weight excluding hydrogens is 283 g/mol. The van der Waals surface area contributed by atoms with Crippen LogP contribution in [0.15, 0.2) is 30.3 Å². The number of halogens is 3. The van der Waals surface area contributed by atoms with Crippen molar-refractivity contribution in [2.45, 2.75) is 5.33 Å². The summed E-state index contributed by atoms with van der Waals surface area (Å²) in [6.07, 6.45) is 0. The summed E-state index contributed by atoms with van der Waals surface area (Å²) in [5, 5.41) is 4.33. The molecule has 0 spiro atoms. The highest BCUT2D eigenvalue weighted by molar-refractivity contribution is 9.08. The first-order valence-corrected chi connectivity index (χ1v) is 6.03. The Bertz CT molecular complexity index is 480. The van der Waals surface area contributed by atoms with E-state index in [0.29, 0.717) is 0 Å². The molecule has 14 heavy (non-hydrogen) atoms. The maximum Gasteiger partial charge on any atom is 0.0488 e. The van der Waals surface area contributed by atoms with Gasteiger partial charge in [-0.15, -0.1) is 0 Å². The zero-order chi connectivity index (χ0) is 10.1. The summed E-state index contributed by atoms with van der Waals surface area (Å²) in [5.41, 5.74) is 1.16. The van der Waals surface area contributed by atoms with Gasteiger partial charge in [0.15, 0.2) is 0 Å². The van der Waals surface area contributed by atoms with Crippen molar-refractivity contribution >= 4 is 49.9 Å². The monoisotopic (exact) mass is 288 g/mol. The van der Waals surface area contributed by atoms with E-state index in [1.165, 1.54) is 0 Å². The Morgan fingerprint density at radius 2 is 1.71 bits per heavy atom. The topological polar surface area (TPSA) is 0 Å². The summed E-state index contributed by atoms with van der Waals surface area (Å²) in [6.45, 7) is 0. The van der Waals surface area contributed by atoms with E-state index in [-0.39, 0.29) is 0 Å². The van der Waals surface area contributed by atoms with E-state index in [2.05, 4.69) is 15.9 Å². The number of fused-ring (bicyclic) bond motifs is 1. The molecule has 0 aliphatic rings. The van der Waals surface area contributed by atoms with Crippen LogP contribution in [0.5, 0.6) is 0 Å². The highest BCUT2D eigenvalue weighted by Crippen LogP contribution is 2.32. The van der Waals surface area contributed by atoms with Crippen LogP contribution in [-0.2, 0) is 5.33 Å². The fraction of sp³-hybridized carbons (Fsp3) is 0.0909. The average molecular weight is 290 g/mol. The van der Waals surface area contributed by atoms with Gasteiger partial charge in [-0.2, -0.15) is 0 Å². The maximum atomic E-state index is 6.13. The third-order valence-electron chi connectivity index (χ3n) is 2.17. The van der Waals surface area contributed by atoms with Crippen molar-refractivity contribution in [1.82, 2.24) is 0 Å². The van der Waals surface area contributed by atoms with Gasteiger partial charge in [0, 0.05) is 26.1 Å². The van der Waals surface area contributed by atoms with E-state index >= 15 is 0 Å². The first-order chi connectivity index (χ1) is 6.74. The molecule has 0 saturated carbocycles. The van der Waals surface area contributed by atoms with Gasteiger partial charge in [0.05, 0.1) is 0 Å². The van der Waals surface area contributed by atoms with Gasteiger partial charge in [-0.05, 0) is 17.7 Å². The van der Waals surface area contributed by atoms with Crippen molar-refractivity contribution in [2.24, 2.45) is 0 Å². The predicted molar refractivity (Wildman–Crippen MR) is 66.6 cm³/mol. The Hall–Kier alpha value is -0.240. The van der Waals surface area contributed by atoms with Crippen LogP contribution in [0.25, 0.3) is 10.8 Å². The third kappa shape index (κ3) is 1.65. The number of alkyl halides is 1. The standard InChI is InChI=1S/C11H7BrCl2/c12-6-7-2-1-3-8-9(13)4-5-10(14)11(7)8/h1-5H,6H2. The summed E-state index contributed by atoms with van der Waals surface area (Å²) < 4.78 is 0. The van der Waals surface area contributed by atoms with Gasteiger partial charge in [0.2, 0.25) is 0 Å². The molecule has 0 bridgehead atoms. The van der Waals surface area contributed by atoms with Gasteiger partial charge in [-0.3, -0.25) is 0 Å². The highest BCUT2D eigenvalue weighted by atomic mass is 79.9. The number of hydrogen-bond acceptors (Lipinski definition) is 0. The smallest absolute Gasteiger partial charge is 0.0488 e. The summed E-state index contributed by atoms with van der Waals surface area (Å²) in [4.78, 5) is 0. The van der Waals surface area contributed by atoms with Gasteiger partial charge in [-0.25, -0.2) is 0 Å². The molecule has 72 valence electrons. The minimum absolute atomic E-state index is 0.743. The molecule has 0 radical (unpaired) electrons. The van der Waals surface area contributed by atoms with Crippen LogP contribution in [0.1, 0.15) is 5.56 Å². The first-order valence-electron chi connectivity index (χ1n) is 4.15. The largest absolute Gasteiger partial charge is 0.0876 e. The molecule has 2 rings (SSSR count). The van der Waals surface area contributed by atoms with E-state index in [4.69, 9.17) is 23.2 Å². The average Bonchev–Trinajstić information content (AvgIpc) is 2.23. The Morgan fingerprint density at radius 1 is 1.00 bits per heavy atom. The molecule has 0 saturated heterocycles. The molecule has 0 unspecified atom stereocenters. The molecule has 3 heteroatoms. The Labute approximate surface area is 101 Å².